The molecule has 0 aliphatic heterocycles. The van der Waals surface area contributed by atoms with E-state index in [-0.39, 0.29) is 5.82 Å². The van der Waals surface area contributed by atoms with Gasteiger partial charge in [-0.2, -0.15) is 0 Å². The van der Waals surface area contributed by atoms with Crippen LogP contribution in [0.3, 0.4) is 0 Å². The van der Waals surface area contributed by atoms with E-state index in [0.29, 0.717) is 24.2 Å². The molecule has 0 N–H and O–H groups in total. The zero-order chi connectivity index (χ0) is 19.8. The van der Waals surface area contributed by atoms with Crippen LogP contribution in [0.4, 0.5) is 4.39 Å². The molecular weight excluding hydrogens is 347 g/mol. The molecule has 2 unspecified atom stereocenters. The Balaban J connectivity index is 1.58. The number of hydrogen-bond acceptors (Lipinski definition) is 1. The predicted octanol–water partition coefficient (Wildman–Crippen LogP) is 7.37. The fraction of sp³-hybridized carbons (Fsp3) is 0.385. The van der Waals surface area contributed by atoms with Crippen molar-refractivity contribution >= 4 is 0 Å². The summed E-state index contributed by atoms with van der Waals surface area (Å²) in [5.74, 6) is 1.14. The predicted molar refractivity (Wildman–Crippen MR) is 116 cm³/mol. The van der Waals surface area contributed by atoms with Crippen LogP contribution in [0.2, 0.25) is 0 Å². The van der Waals surface area contributed by atoms with Crippen LogP contribution in [0.5, 0.6) is 5.75 Å². The van der Waals surface area contributed by atoms with E-state index >= 15 is 0 Å². The third-order valence-corrected chi connectivity index (χ3v) is 5.53. The second-order valence-corrected chi connectivity index (χ2v) is 7.75. The van der Waals surface area contributed by atoms with Gasteiger partial charge >= 0.3 is 0 Å². The second kappa shape index (κ2) is 10.3. The van der Waals surface area contributed by atoms with Gasteiger partial charge < -0.3 is 4.74 Å². The summed E-state index contributed by atoms with van der Waals surface area (Å²) in [4.78, 5) is 0. The lowest BCUT2D eigenvalue weighted by Gasteiger charge is -2.22. The van der Waals surface area contributed by atoms with Crippen molar-refractivity contribution in [2.45, 2.75) is 45.4 Å². The minimum absolute atomic E-state index is 0.295. The van der Waals surface area contributed by atoms with Gasteiger partial charge in [0.1, 0.15) is 0 Å². The number of halogens is 1. The van der Waals surface area contributed by atoms with Crippen molar-refractivity contribution in [3.05, 3.63) is 78.7 Å². The van der Waals surface area contributed by atoms with Crippen molar-refractivity contribution in [1.29, 1.82) is 0 Å². The van der Waals surface area contributed by atoms with E-state index in [4.69, 9.17) is 4.74 Å². The molecule has 0 spiro atoms. The number of hydrogen-bond donors (Lipinski definition) is 0. The Hall–Kier alpha value is -2.35. The molecule has 0 aromatic heterocycles. The average Bonchev–Trinajstić information content (AvgIpc) is 2.73. The van der Waals surface area contributed by atoms with Crippen molar-refractivity contribution in [1.82, 2.24) is 0 Å². The summed E-state index contributed by atoms with van der Waals surface area (Å²) in [7, 11) is 0. The van der Waals surface area contributed by atoms with Gasteiger partial charge in [-0.05, 0) is 66.8 Å². The first-order chi connectivity index (χ1) is 13.7. The summed E-state index contributed by atoms with van der Waals surface area (Å²) in [6.07, 6.45) is 13.3. The summed E-state index contributed by atoms with van der Waals surface area (Å²) >= 11 is 0. The van der Waals surface area contributed by atoms with E-state index in [1.807, 2.05) is 24.3 Å². The molecule has 0 heterocycles. The Labute approximate surface area is 168 Å². The first-order valence-electron chi connectivity index (χ1n) is 10.5. The molecule has 1 aliphatic rings. The highest BCUT2D eigenvalue weighted by Crippen LogP contribution is 2.29. The van der Waals surface area contributed by atoms with Crippen LogP contribution in [0.15, 0.2) is 67.3 Å². The van der Waals surface area contributed by atoms with E-state index in [9.17, 15) is 4.39 Å². The zero-order valence-electron chi connectivity index (χ0n) is 16.9. The molecule has 2 aromatic rings. The van der Waals surface area contributed by atoms with E-state index in [2.05, 4.69) is 37.8 Å². The SMILES string of the molecule is C=CCCc1ccc(-c2ccc(OCC3C=CC(CCC)CC3)c(F)c2)cc1. The fourth-order valence-corrected chi connectivity index (χ4v) is 3.81. The van der Waals surface area contributed by atoms with Gasteiger partial charge in [-0.15, -0.1) is 6.58 Å². The van der Waals surface area contributed by atoms with Crippen molar-refractivity contribution in [2.75, 3.05) is 6.61 Å². The minimum atomic E-state index is -0.295. The summed E-state index contributed by atoms with van der Waals surface area (Å²) in [6, 6.07) is 13.6. The maximum Gasteiger partial charge on any atom is 0.165 e. The van der Waals surface area contributed by atoms with Gasteiger partial charge in [0.15, 0.2) is 11.6 Å². The summed E-state index contributed by atoms with van der Waals surface area (Å²) in [5, 5.41) is 0. The monoisotopic (exact) mass is 378 g/mol. The molecule has 148 valence electrons. The van der Waals surface area contributed by atoms with Crippen LogP contribution in [0, 0.1) is 17.7 Å². The number of ether oxygens (including phenoxy) is 1. The fourth-order valence-electron chi connectivity index (χ4n) is 3.81. The molecule has 0 bridgehead atoms. The number of allylic oxidation sites excluding steroid dienone is 2. The quantitative estimate of drug-likeness (QED) is 0.414. The largest absolute Gasteiger partial charge is 0.490 e. The Morgan fingerprint density at radius 1 is 1.04 bits per heavy atom. The molecule has 0 radical (unpaired) electrons. The molecule has 0 amide bonds. The highest BCUT2D eigenvalue weighted by Gasteiger charge is 2.16. The van der Waals surface area contributed by atoms with Crippen LogP contribution < -0.4 is 4.74 Å². The molecule has 1 nitrogen and oxygen atoms in total. The summed E-state index contributed by atoms with van der Waals surface area (Å²) < 4.78 is 20.3. The Morgan fingerprint density at radius 3 is 2.39 bits per heavy atom. The zero-order valence-corrected chi connectivity index (χ0v) is 16.9. The highest BCUT2D eigenvalue weighted by molar-refractivity contribution is 5.64. The molecular formula is C26H31FO. The normalized spacial score (nSPS) is 18.8. The number of aryl methyl sites for hydroxylation is 1. The van der Waals surface area contributed by atoms with Crippen LogP contribution in [-0.4, -0.2) is 6.61 Å². The van der Waals surface area contributed by atoms with Gasteiger partial charge in [0, 0.05) is 5.92 Å². The van der Waals surface area contributed by atoms with Gasteiger partial charge in [-0.25, -0.2) is 4.39 Å². The molecule has 0 saturated carbocycles. The van der Waals surface area contributed by atoms with E-state index in [1.165, 1.54) is 24.8 Å². The summed E-state index contributed by atoms with van der Waals surface area (Å²) in [5.41, 5.74) is 3.16. The maximum atomic E-state index is 14.5. The van der Waals surface area contributed by atoms with Crippen molar-refractivity contribution < 1.29 is 9.13 Å². The average molecular weight is 379 g/mol. The van der Waals surface area contributed by atoms with Crippen LogP contribution >= 0.6 is 0 Å². The lowest BCUT2D eigenvalue weighted by atomic mass is 9.86. The third-order valence-electron chi connectivity index (χ3n) is 5.53. The first-order valence-corrected chi connectivity index (χ1v) is 10.5. The van der Waals surface area contributed by atoms with Gasteiger partial charge in [0.05, 0.1) is 6.61 Å². The second-order valence-electron chi connectivity index (χ2n) is 7.75. The van der Waals surface area contributed by atoms with Crippen LogP contribution in [0.1, 0.15) is 44.6 Å². The maximum absolute atomic E-state index is 14.5. The van der Waals surface area contributed by atoms with E-state index in [1.54, 1.807) is 12.1 Å². The first kappa shape index (κ1) is 20.4. The molecule has 3 rings (SSSR count). The molecule has 2 aromatic carbocycles. The number of rotatable bonds is 9. The third kappa shape index (κ3) is 5.58. The summed E-state index contributed by atoms with van der Waals surface area (Å²) in [6.45, 7) is 6.53. The topological polar surface area (TPSA) is 9.23 Å². The van der Waals surface area contributed by atoms with Gasteiger partial charge in [-0.3, -0.25) is 0 Å². The lowest BCUT2D eigenvalue weighted by molar-refractivity contribution is 0.245. The van der Waals surface area contributed by atoms with Crippen molar-refractivity contribution in [3.8, 4) is 16.9 Å². The van der Waals surface area contributed by atoms with Crippen LogP contribution in [0.25, 0.3) is 11.1 Å². The molecule has 1 aliphatic carbocycles. The molecule has 0 saturated heterocycles. The molecule has 2 atom stereocenters. The minimum Gasteiger partial charge on any atom is -0.490 e. The van der Waals surface area contributed by atoms with E-state index < -0.39 is 0 Å². The van der Waals surface area contributed by atoms with Crippen molar-refractivity contribution in [2.24, 2.45) is 11.8 Å². The lowest BCUT2D eigenvalue weighted by Crippen LogP contribution is -2.16. The van der Waals surface area contributed by atoms with Gasteiger partial charge in [0.2, 0.25) is 0 Å². The van der Waals surface area contributed by atoms with Crippen LogP contribution in [-0.2, 0) is 6.42 Å². The molecule has 28 heavy (non-hydrogen) atoms. The van der Waals surface area contributed by atoms with Crippen molar-refractivity contribution in [3.63, 3.8) is 0 Å². The van der Waals surface area contributed by atoms with E-state index in [0.717, 1.165) is 30.4 Å². The Bertz CT molecular complexity index is 791. The Morgan fingerprint density at radius 2 is 1.75 bits per heavy atom. The van der Waals surface area contributed by atoms with Gasteiger partial charge in [-0.1, -0.05) is 61.9 Å². The smallest absolute Gasteiger partial charge is 0.165 e. The Kier molecular flexibility index (Phi) is 7.47. The standard InChI is InChI=1S/C26H31FO/c1-3-5-7-21-12-14-23(15-13-21)24-16-17-26(25(27)18-24)28-19-22-10-8-20(6-4-2)9-11-22/h3,8,10,12-18,20,22H,1,4-7,9,11,19H2,2H3. The highest BCUT2D eigenvalue weighted by atomic mass is 19.1. The van der Waals surface area contributed by atoms with Gasteiger partial charge in [0.25, 0.3) is 0 Å². The number of benzene rings is 2. The molecule has 2 heteroatoms. The molecule has 0 fully saturated rings.